The summed E-state index contributed by atoms with van der Waals surface area (Å²) in [7, 11) is 0. The van der Waals surface area contributed by atoms with E-state index in [9.17, 15) is 0 Å². The lowest BCUT2D eigenvalue weighted by molar-refractivity contribution is 0.267. The molecule has 1 rings (SSSR count). The van der Waals surface area contributed by atoms with Crippen molar-refractivity contribution in [1.82, 2.24) is 0 Å². The number of likely N-dealkylation sites (N-methyl/N-ethyl adjacent to an activating group) is 1. The van der Waals surface area contributed by atoms with Gasteiger partial charge in [0.05, 0.1) is 18.0 Å². The Hall–Kier alpha value is -1.22. The van der Waals surface area contributed by atoms with Gasteiger partial charge in [-0.1, -0.05) is 12.1 Å². The van der Waals surface area contributed by atoms with Crippen molar-refractivity contribution in [1.29, 1.82) is 0 Å². The molecule has 1 aromatic carbocycles. The highest BCUT2D eigenvalue weighted by Crippen LogP contribution is 2.23. The number of aliphatic hydroxyl groups excluding tert-OH is 1. The molecular weight excluding hydrogens is 176 g/mol. The van der Waals surface area contributed by atoms with Crippen LogP contribution in [0.5, 0.6) is 0 Å². The monoisotopic (exact) mass is 194 g/mol. The zero-order valence-corrected chi connectivity index (χ0v) is 8.77. The molecule has 0 aromatic heterocycles. The van der Waals surface area contributed by atoms with Gasteiger partial charge in [-0.15, -0.1) is 0 Å². The zero-order valence-electron chi connectivity index (χ0n) is 8.77. The van der Waals surface area contributed by atoms with Crippen LogP contribution in [0.25, 0.3) is 0 Å². The molecule has 78 valence electrons. The van der Waals surface area contributed by atoms with Crippen LogP contribution >= 0.6 is 0 Å². The van der Waals surface area contributed by atoms with Crippen molar-refractivity contribution in [3.8, 4) is 0 Å². The Kier molecular flexibility index (Phi) is 3.77. The third kappa shape index (κ3) is 2.17. The highest BCUT2D eigenvalue weighted by molar-refractivity contribution is 5.67. The molecule has 0 unspecified atom stereocenters. The van der Waals surface area contributed by atoms with Gasteiger partial charge in [-0.3, -0.25) is 0 Å². The van der Waals surface area contributed by atoms with Gasteiger partial charge in [0.15, 0.2) is 0 Å². The first-order chi connectivity index (χ1) is 6.70. The van der Waals surface area contributed by atoms with E-state index in [1.165, 1.54) is 0 Å². The van der Waals surface area contributed by atoms with Crippen LogP contribution in [0.1, 0.15) is 13.8 Å². The first-order valence-electron chi connectivity index (χ1n) is 4.92. The predicted molar refractivity (Wildman–Crippen MR) is 60.4 cm³/mol. The number of benzene rings is 1. The van der Waals surface area contributed by atoms with Crippen molar-refractivity contribution in [2.24, 2.45) is 0 Å². The first kappa shape index (κ1) is 10.9. The van der Waals surface area contributed by atoms with Crippen LogP contribution in [0.15, 0.2) is 24.3 Å². The van der Waals surface area contributed by atoms with Crippen LogP contribution in [-0.4, -0.2) is 24.3 Å². The van der Waals surface area contributed by atoms with Crippen molar-refractivity contribution in [3.05, 3.63) is 24.3 Å². The average molecular weight is 194 g/mol. The minimum Gasteiger partial charge on any atom is -0.397 e. The van der Waals surface area contributed by atoms with Crippen LogP contribution in [0.3, 0.4) is 0 Å². The highest BCUT2D eigenvalue weighted by Gasteiger charge is 2.13. The summed E-state index contributed by atoms with van der Waals surface area (Å²) in [5.74, 6) is 0. The van der Waals surface area contributed by atoms with Gasteiger partial charge in [0.2, 0.25) is 0 Å². The third-order valence-electron chi connectivity index (χ3n) is 2.38. The van der Waals surface area contributed by atoms with E-state index in [-0.39, 0.29) is 12.6 Å². The summed E-state index contributed by atoms with van der Waals surface area (Å²) in [6.45, 7) is 5.02. The fourth-order valence-corrected chi connectivity index (χ4v) is 1.57. The molecule has 0 spiro atoms. The van der Waals surface area contributed by atoms with E-state index in [1.807, 2.05) is 31.2 Å². The van der Waals surface area contributed by atoms with Gasteiger partial charge in [0.1, 0.15) is 0 Å². The van der Waals surface area contributed by atoms with Crippen molar-refractivity contribution < 1.29 is 5.11 Å². The molecular formula is C11H18N2O. The summed E-state index contributed by atoms with van der Waals surface area (Å²) in [6.07, 6.45) is 0. The normalized spacial score (nSPS) is 12.5. The molecule has 14 heavy (non-hydrogen) atoms. The number of hydrogen-bond donors (Lipinski definition) is 2. The molecule has 3 nitrogen and oxygen atoms in total. The van der Waals surface area contributed by atoms with Crippen LogP contribution < -0.4 is 10.6 Å². The quantitative estimate of drug-likeness (QED) is 0.714. The molecule has 0 aliphatic carbocycles. The predicted octanol–water partition coefficient (Wildman–Crippen LogP) is 1.48. The van der Waals surface area contributed by atoms with Crippen molar-refractivity contribution in [2.75, 3.05) is 23.8 Å². The minimum atomic E-state index is 0.102. The minimum absolute atomic E-state index is 0.102. The molecule has 0 fully saturated rings. The van der Waals surface area contributed by atoms with E-state index in [1.54, 1.807) is 0 Å². The van der Waals surface area contributed by atoms with Crippen molar-refractivity contribution in [2.45, 2.75) is 19.9 Å². The molecule has 0 amide bonds. The molecule has 0 saturated heterocycles. The number of rotatable bonds is 4. The van der Waals surface area contributed by atoms with E-state index in [4.69, 9.17) is 10.8 Å². The van der Waals surface area contributed by atoms with Gasteiger partial charge in [-0.2, -0.15) is 0 Å². The van der Waals surface area contributed by atoms with Crippen LogP contribution in [-0.2, 0) is 0 Å². The smallest absolute Gasteiger partial charge is 0.0632 e. The number of para-hydroxylation sites is 2. The SMILES string of the molecule is CCN(c1ccccc1N)[C@H](C)CO. The largest absolute Gasteiger partial charge is 0.397 e. The summed E-state index contributed by atoms with van der Waals surface area (Å²) >= 11 is 0. The van der Waals surface area contributed by atoms with E-state index in [0.29, 0.717) is 0 Å². The van der Waals surface area contributed by atoms with Gasteiger partial charge < -0.3 is 15.7 Å². The number of nitrogens with two attached hydrogens (primary N) is 1. The molecule has 1 aromatic rings. The van der Waals surface area contributed by atoms with Gasteiger partial charge in [-0.05, 0) is 26.0 Å². The number of aliphatic hydroxyl groups is 1. The maximum Gasteiger partial charge on any atom is 0.0632 e. The maximum atomic E-state index is 9.11. The second-order valence-electron chi connectivity index (χ2n) is 3.38. The Bertz CT molecular complexity index is 288. The average Bonchev–Trinajstić information content (AvgIpc) is 2.21. The van der Waals surface area contributed by atoms with Crippen LogP contribution in [0.4, 0.5) is 11.4 Å². The van der Waals surface area contributed by atoms with E-state index in [2.05, 4.69) is 11.8 Å². The number of anilines is 2. The van der Waals surface area contributed by atoms with E-state index >= 15 is 0 Å². The van der Waals surface area contributed by atoms with Crippen LogP contribution in [0.2, 0.25) is 0 Å². The Morgan fingerprint density at radius 3 is 2.57 bits per heavy atom. The Morgan fingerprint density at radius 2 is 2.07 bits per heavy atom. The van der Waals surface area contributed by atoms with Crippen molar-refractivity contribution in [3.63, 3.8) is 0 Å². The zero-order chi connectivity index (χ0) is 10.6. The molecule has 0 bridgehead atoms. The summed E-state index contributed by atoms with van der Waals surface area (Å²) in [5.41, 5.74) is 7.62. The molecule has 0 heterocycles. The highest BCUT2D eigenvalue weighted by atomic mass is 16.3. The molecule has 1 atom stereocenters. The van der Waals surface area contributed by atoms with Gasteiger partial charge in [-0.25, -0.2) is 0 Å². The second kappa shape index (κ2) is 4.86. The maximum absolute atomic E-state index is 9.11. The third-order valence-corrected chi connectivity index (χ3v) is 2.38. The topological polar surface area (TPSA) is 49.5 Å². The Morgan fingerprint density at radius 1 is 1.43 bits per heavy atom. The summed E-state index contributed by atoms with van der Waals surface area (Å²) in [6, 6.07) is 7.83. The number of nitrogens with zero attached hydrogens (tertiary/aromatic N) is 1. The lowest BCUT2D eigenvalue weighted by Gasteiger charge is -2.29. The molecule has 0 radical (unpaired) electrons. The number of nitrogen functional groups attached to an aromatic ring is 1. The van der Waals surface area contributed by atoms with Crippen LogP contribution in [0, 0.1) is 0 Å². The van der Waals surface area contributed by atoms with Crippen molar-refractivity contribution >= 4 is 11.4 Å². The second-order valence-corrected chi connectivity index (χ2v) is 3.38. The standard InChI is InChI=1S/C11H18N2O/c1-3-13(9(2)8-14)11-7-5-4-6-10(11)12/h4-7,9,14H,3,8,12H2,1-2H3/t9-/m1/s1. The van der Waals surface area contributed by atoms with E-state index in [0.717, 1.165) is 17.9 Å². The summed E-state index contributed by atoms with van der Waals surface area (Å²) in [4.78, 5) is 2.09. The number of hydrogen-bond acceptors (Lipinski definition) is 3. The summed E-state index contributed by atoms with van der Waals surface area (Å²) in [5, 5.41) is 9.11. The Labute approximate surface area is 85.2 Å². The fraction of sp³-hybridized carbons (Fsp3) is 0.455. The van der Waals surface area contributed by atoms with Gasteiger partial charge in [0.25, 0.3) is 0 Å². The fourth-order valence-electron chi connectivity index (χ4n) is 1.57. The molecule has 3 heteroatoms. The first-order valence-corrected chi connectivity index (χ1v) is 4.92. The van der Waals surface area contributed by atoms with E-state index < -0.39 is 0 Å². The lowest BCUT2D eigenvalue weighted by atomic mass is 10.2. The summed E-state index contributed by atoms with van der Waals surface area (Å²) < 4.78 is 0. The molecule has 0 aliphatic rings. The lowest BCUT2D eigenvalue weighted by Crippen LogP contribution is -2.35. The van der Waals surface area contributed by atoms with Gasteiger partial charge >= 0.3 is 0 Å². The van der Waals surface area contributed by atoms with Gasteiger partial charge in [0, 0.05) is 12.6 Å². The molecule has 0 aliphatic heterocycles. The Balaban J connectivity index is 2.94. The molecule has 3 N–H and O–H groups in total. The molecule has 0 saturated carbocycles.